The Kier molecular flexibility index (Phi) is 12.1. The summed E-state index contributed by atoms with van der Waals surface area (Å²) in [6.45, 7) is 19.3. The Labute approximate surface area is 209 Å². The first-order valence-corrected chi connectivity index (χ1v) is 11.6. The fraction of sp³-hybridized carbons (Fsp3) is 0.630. The molecule has 196 valence electrons. The Morgan fingerprint density at radius 2 is 1.57 bits per heavy atom. The molecule has 1 atom stereocenters. The van der Waals surface area contributed by atoms with Crippen LogP contribution in [0.3, 0.4) is 0 Å². The third kappa shape index (κ3) is 11.8. The first kappa shape index (κ1) is 32.0. The second-order valence-corrected chi connectivity index (χ2v) is 11.4. The molecule has 0 saturated carbocycles. The van der Waals surface area contributed by atoms with Crippen LogP contribution in [0.5, 0.6) is 5.75 Å². The predicted molar refractivity (Wildman–Crippen MR) is 132 cm³/mol. The minimum absolute atomic E-state index is 0.195. The average Bonchev–Trinajstić information content (AvgIpc) is 2.62. The lowest BCUT2D eigenvalue weighted by Gasteiger charge is -2.32. The summed E-state index contributed by atoms with van der Waals surface area (Å²) in [5, 5.41) is 2.93. The van der Waals surface area contributed by atoms with Crippen molar-refractivity contribution in [2.75, 3.05) is 0 Å². The zero-order valence-electron chi connectivity index (χ0n) is 22.8. The minimum Gasteiger partial charge on any atom is -0.460 e. The highest BCUT2D eigenvalue weighted by Crippen LogP contribution is 2.37. The van der Waals surface area contributed by atoms with Gasteiger partial charge in [0.2, 0.25) is 0 Å². The molecular formula is C27H41NO7. The van der Waals surface area contributed by atoms with Gasteiger partial charge in [0, 0.05) is 29.9 Å². The van der Waals surface area contributed by atoms with Crippen molar-refractivity contribution in [3.8, 4) is 5.75 Å². The number of carbonyl (C=O) groups excluding carboxylic acids is 5. The maximum atomic E-state index is 12.9. The Balaban J connectivity index is 0.00000365. The summed E-state index contributed by atoms with van der Waals surface area (Å²) >= 11 is 0. The van der Waals surface area contributed by atoms with E-state index in [1.165, 1.54) is 0 Å². The van der Waals surface area contributed by atoms with E-state index >= 15 is 0 Å². The Bertz CT molecular complexity index is 915. The smallest absolute Gasteiger partial charge is 0.412 e. The van der Waals surface area contributed by atoms with E-state index in [4.69, 9.17) is 19.1 Å². The SMILES string of the molecule is Cc1cc(C)c(C(C)(C)CC=O)c(OC(=O)N[C@@H](CCC(=O)OC(C)(C)C)C(C)(C)C)c1.O=C=O. The molecule has 0 spiro atoms. The number of aryl methyl sites for hydroxylation is 2. The van der Waals surface area contributed by atoms with Crippen molar-refractivity contribution >= 4 is 24.5 Å². The zero-order valence-corrected chi connectivity index (χ0v) is 22.8. The Morgan fingerprint density at radius 3 is 2.03 bits per heavy atom. The number of amides is 1. The van der Waals surface area contributed by atoms with Crippen molar-refractivity contribution in [2.45, 2.75) is 106 Å². The van der Waals surface area contributed by atoms with Crippen LogP contribution in [0.2, 0.25) is 0 Å². The predicted octanol–water partition coefficient (Wildman–Crippen LogP) is 5.21. The lowest BCUT2D eigenvalue weighted by molar-refractivity contribution is -0.191. The average molecular weight is 492 g/mol. The summed E-state index contributed by atoms with van der Waals surface area (Å²) in [7, 11) is 0. The van der Waals surface area contributed by atoms with Crippen LogP contribution < -0.4 is 10.1 Å². The number of hydrogen-bond acceptors (Lipinski definition) is 7. The molecule has 8 heteroatoms. The van der Waals surface area contributed by atoms with Gasteiger partial charge in [0.05, 0.1) is 0 Å². The molecule has 0 unspecified atom stereocenters. The summed E-state index contributed by atoms with van der Waals surface area (Å²) in [6, 6.07) is 3.55. The number of hydrogen-bond donors (Lipinski definition) is 1. The molecule has 1 aromatic carbocycles. The van der Waals surface area contributed by atoms with Gasteiger partial charge in [0.1, 0.15) is 17.6 Å². The molecule has 35 heavy (non-hydrogen) atoms. The maximum absolute atomic E-state index is 12.9. The van der Waals surface area contributed by atoms with Crippen molar-refractivity contribution in [2.24, 2.45) is 5.41 Å². The summed E-state index contributed by atoms with van der Waals surface area (Å²) in [4.78, 5) is 52.5. The van der Waals surface area contributed by atoms with Gasteiger partial charge in [-0.25, -0.2) is 4.79 Å². The van der Waals surface area contributed by atoms with Crippen LogP contribution in [-0.4, -0.2) is 36.1 Å². The Morgan fingerprint density at radius 1 is 1.03 bits per heavy atom. The zero-order chi connectivity index (χ0) is 27.6. The number of aldehydes is 1. The number of esters is 1. The molecule has 8 nitrogen and oxygen atoms in total. The summed E-state index contributed by atoms with van der Waals surface area (Å²) in [5.41, 5.74) is 1.46. The van der Waals surface area contributed by atoms with Gasteiger partial charge in [0.15, 0.2) is 0 Å². The fourth-order valence-electron chi connectivity index (χ4n) is 3.83. The molecule has 1 aromatic rings. The lowest BCUT2D eigenvalue weighted by atomic mass is 9.78. The van der Waals surface area contributed by atoms with Gasteiger partial charge in [-0.1, -0.05) is 40.7 Å². The quantitative estimate of drug-likeness (QED) is 0.392. The van der Waals surface area contributed by atoms with Crippen LogP contribution in [0.4, 0.5) is 4.79 Å². The first-order chi connectivity index (χ1) is 15.9. The molecule has 0 fully saturated rings. The number of carbonyl (C=O) groups is 3. The van der Waals surface area contributed by atoms with E-state index in [2.05, 4.69) is 5.32 Å². The molecule has 0 aromatic heterocycles. The van der Waals surface area contributed by atoms with Gasteiger partial charge in [-0.15, -0.1) is 0 Å². The molecule has 0 heterocycles. The van der Waals surface area contributed by atoms with Gasteiger partial charge in [-0.2, -0.15) is 9.59 Å². The van der Waals surface area contributed by atoms with Crippen molar-refractivity contribution in [1.82, 2.24) is 5.32 Å². The first-order valence-electron chi connectivity index (χ1n) is 11.6. The van der Waals surface area contributed by atoms with Crippen molar-refractivity contribution in [3.63, 3.8) is 0 Å². The summed E-state index contributed by atoms with van der Waals surface area (Å²) < 4.78 is 11.2. The van der Waals surface area contributed by atoms with Crippen LogP contribution in [-0.2, 0) is 29.3 Å². The van der Waals surface area contributed by atoms with Crippen LogP contribution in [0.15, 0.2) is 12.1 Å². The van der Waals surface area contributed by atoms with E-state index in [0.29, 0.717) is 18.6 Å². The molecule has 0 aliphatic rings. The second-order valence-electron chi connectivity index (χ2n) is 11.4. The monoisotopic (exact) mass is 491 g/mol. The molecule has 0 bridgehead atoms. The van der Waals surface area contributed by atoms with Crippen molar-refractivity contribution in [1.29, 1.82) is 0 Å². The molecule has 0 aliphatic carbocycles. The molecule has 0 radical (unpaired) electrons. The van der Waals surface area contributed by atoms with Crippen LogP contribution >= 0.6 is 0 Å². The number of ether oxygens (including phenoxy) is 2. The Hall–Kier alpha value is -2.99. The lowest BCUT2D eigenvalue weighted by Crippen LogP contribution is -2.45. The highest BCUT2D eigenvalue weighted by molar-refractivity contribution is 5.73. The highest BCUT2D eigenvalue weighted by atomic mass is 16.6. The molecular weight excluding hydrogens is 450 g/mol. The van der Waals surface area contributed by atoms with E-state index in [1.807, 2.05) is 81.4 Å². The topological polar surface area (TPSA) is 116 Å². The number of rotatable bonds is 8. The van der Waals surface area contributed by atoms with E-state index in [1.54, 1.807) is 0 Å². The van der Waals surface area contributed by atoms with E-state index < -0.39 is 17.1 Å². The standard InChI is InChI=1S/C26H41NO5.CO2/c1-17-15-18(2)22(26(9,10)13-14-28)19(16-17)31-23(30)27-20(24(3,4)5)11-12-21(29)32-25(6,7)8;2-1-3/h14-16,20H,11-13H2,1-10H3,(H,27,30);/t20-;/m0./s1. The highest BCUT2D eigenvalue weighted by Gasteiger charge is 2.31. The number of nitrogens with one attached hydrogen (secondary N) is 1. The molecule has 0 aliphatic heterocycles. The van der Waals surface area contributed by atoms with Gasteiger partial charge in [0.25, 0.3) is 0 Å². The van der Waals surface area contributed by atoms with Gasteiger partial charge < -0.3 is 19.6 Å². The van der Waals surface area contributed by atoms with Crippen LogP contribution in [0.1, 0.15) is 91.3 Å². The fourth-order valence-corrected chi connectivity index (χ4v) is 3.83. The molecule has 1 N–H and O–H groups in total. The normalized spacial score (nSPS) is 12.4. The maximum Gasteiger partial charge on any atom is 0.412 e. The van der Waals surface area contributed by atoms with Crippen molar-refractivity contribution < 1.29 is 33.4 Å². The number of benzene rings is 1. The van der Waals surface area contributed by atoms with Gasteiger partial charge >= 0.3 is 18.2 Å². The molecule has 1 amide bonds. The van der Waals surface area contributed by atoms with Crippen LogP contribution in [0.25, 0.3) is 0 Å². The molecule has 0 saturated heterocycles. The summed E-state index contributed by atoms with van der Waals surface area (Å²) in [5.74, 6) is 0.153. The molecule has 1 rings (SSSR count). The van der Waals surface area contributed by atoms with Gasteiger partial charge in [-0.3, -0.25) is 4.79 Å². The third-order valence-electron chi connectivity index (χ3n) is 5.31. The summed E-state index contributed by atoms with van der Waals surface area (Å²) in [6.07, 6.45) is 1.50. The van der Waals surface area contributed by atoms with Crippen molar-refractivity contribution in [3.05, 3.63) is 28.8 Å². The second kappa shape index (κ2) is 13.2. The van der Waals surface area contributed by atoms with E-state index in [-0.39, 0.29) is 30.0 Å². The van der Waals surface area contributed by atoms with E-state index in [9.17, 15) is 14.4 Å². The third-order valence-corrected chi connectivity index (χ3v) is 5.31. The minimum atomic E-state index is -0.581. The van der Waals surface area contributed by atoms with Gasteiger partial charge in [-0.05, 0) is 63.6 Å². The largest absolute Gasteiger partial charge is 0.460 e. The van der Waals surface area contributed by atoms with Crippen LogP contribution in [0, 0.1) is 19.3 Å². The van der Waals surface area contributed by atoms with E-state index in [0.717, 1.165) is 23.0 Å².